The molecule has 2 aromatic heterocycles. The molecule has 4 heterocycles. The van der Waals surface area contributed by atoms with Crippen LogP contribution in [-0.2, 0) is 0 Å². The molecule has 1 aromatic carbocycles. The maximum Gasteiger partial charge on any atom is 0.233 e. The molecular weight excluding hydrogens is 381 g/mol. The van der Waals surface area contributed by atoms with Crippen molar-refractivity contribution in [3.63, 3.8) is 0 Å². The van der Waals surface area contributed by atoms with Crippen molar-refractivity contribution in [2.45, 2.75) is 43.6 Å². The van der Waals surface area contributed by atoms with Crippen molar-refractivity contribution in [2.75, 3.05) is 0 Å². The number of benzene rings is 1. The van der Waals surface area contributed by atoms with Gasteiger partial charge in [0.15, 0.2) is 6.17 Å². The van der Waals surface area contributed by atoms with Crippen LogP contribution in [0.4, 0.5) is 4.39 Å². The minimum atomic E-state index is -1.04. The number of piperidine rings is 1. The van der Waals surface area contributed by atoms with Crippen LogP contribution in [0.5, 0.6) is 11.6 Å². The molecule has 0 amide bonds. The number of nitrogens with zero attached hydrogens (tertiary/aromatic N) is 4. The van der Waals surface area contributed by atoms with Crippen molar-refractivity contribution < 1.29 is 14.2 Å². The van der Waals surface area contributed by atoms with Gasteiger partial charge in [0.25, 0.3) is 0 Å². The Morgan fingerprint density at radius 3 is 2.82 bits per heavy atom. The Labute approximate surface area is 164 Å². The number of hydrogen-bond donors (Lipinski definition) is 2. The first-order valence-corrected chi connectivity index (χ1v) is 10.1. The van der Waals surface area contributed by atoms with Gasteiger partial charge in [-0.1, -0.05) is 17.4 Å². The van der Waals surface area contributed by atoms with Gasteiger partial charge in [-0.25, -0.2) is 4.39 Å². The molecule has 2 bridgehead atoms. The molecule has 0 spiro atoms. The molecule has 3 aromatic rings. The summed E-state index contributed by atoms with van der Waals surface area (Å²) in [6, 6.07) is 8.80. The minimum absolute atomic E-state index is 0.0782. The zero-order valence-electron chi connectivity index (χ0n) is 14.8. The summed E-state index contributed by atoms with van der Waals surface area (Å²) >= 11 is 1.40. The van der Waals surface area contributed by atoms with E-state index in [2.05, 4.69) is 25.7 Å². The average Bonchev–Trinajstić information content (AvgIpc) is 3.37. The highest BCUT2D eigenvalue weighted by molar-refractivity contribution is 7.12. The lowest BCUT2D eigenvalue weighted by molar-refractivity contribution is 0.0422. The Hall–Kier alpha value is -2.65. The second-order valence-electron chi connectivity index (χ2n) is 7.12. The maximum atomic E-state index is 14.5. The summed E-state index contributed by atoms with van der Waals surface area (Å²) < 4.78 is 20.3. The van der Waals surface area contributed by atoms with Gasteiger partial charge in [0, 0.05) is 35.7 Å². The topological polar surface area (TPSA) is 93.1 Å². The van der Waals surface area contributed by atoms with E-state index in [1.54, 1.807) is 29.8 Å². The zero-order valence-corrected chi connectivity index (χ0v) is 15.6. The number of phenols is 1. The van der Waals surface area contributed by atoms with E-state index < -0.39 is 12.3 Å². The van der Waals surface area contributed by atoms with Crippen molar-refractivity contribution in [1.29, 1.82) is 0 Å². The van der Waals surface area contributed by atoms with E-state index in [0.717, 1.165) is 23.4 Å². The third kappa shape index (κ3) is 3.20. The van der Waals surface area contributed by atoms with Crippen LogP contribution in [-0.4, -0.2) is 49.9 Å². The Morgan fingerprint density at radius 2 is 2.07 bits per heavy atom. The molecule has 28 heavy (non-hydrogen) atoms. The fourth-order valence-corrected chi connectivity index (χ4v) is 4.48. The van der Waals surface area contributed by atoms with E-state index in [1.165, 1.54) is 11.3 Å². The number of nitrogens with one attached hydrogen (secondary N) is 1. The molecule has 7 nitrogen and oxygen atoms in total. The highest BCUT2D eigenvalue weighted by Crippen LogP contribution is 2.34. The third-order valence-electron chi connectivity index (χ3n) is 5.33. The predicted molar refractivity (Wildman–Crippen MR) is 102 cm³/mol. The second kappa shape index (κ2) is 7.06. The van der Waals surface area contributed by atoms with Gasteiger partial charge in [-0.15, -0.1) is 20.4 Å². The fourth-order valence-electron chi connectivity index (χ4n) is 3.93. The average molecular weight is 399 g/mol. The first kappa shape index (κ1) is 17.4. The number of ether oxygens (including phenoxy) is 1. The summed E-state index contributed by atoms with van der Waals surface area (Å²) in [5.74, 6) is 0.372. The van der Waals surface area contributed by atoms with Gasteiger partial charge in [-0.2, -0.15) is 0 Å². The number of aromatic nitrogens is 4. The summed E-state index contributed by atoms with van der Waals surface area (Å²) in [7, 11) is 0. The van der Waals surface area contributed by atoms with Gasteiger partial charge in [0.2, 0.25) is 5.88 Å². The molecule has 0 unspecified atom stereocenters. The Balaban J connectivity index is 1.32. The monoisotopic (exact) mass is 399 g/mol. The normalized spacial score (nSPS) is 26.3. The number of alkyl halides is 1. The highest BCUT2D eigenvalue weighted by atomic mass is 32.1. The van der Waals surface area contributed by atoms with Gasteiger partial charge in [-0.3, -0.25) is 0 Å². The molecule has 2 aliphatic rings. The molecule has 0 radical (unpaired) electrons. The van der Waals surface area contributed by atoms with E-state index in [1.807, 2.05) is 6.07 Å². The van der Waals surface area contributed by atoms with Gasteiger partial charge >= 0.3 is 0 Å². The summed E-state index contributed by atoms with van der Waals surface area (Å²) in [6.45, 7) is 0. The van der Waals surface area contributed by atoms with E-state index in [0.29, 0.717) is 29.6 Å². The minimum Gasteiger partial charge on any atom is -0.507 e. The fraction of sp³-hybridized carbons (Fsp3) is 0.368. The predicted octanol–water partition coefficient (Wildman–Crippen LogP) is 2.98. The summed E-state index contributed by atoms with van der Waals surface area (Å²) in [5, 5.41) is 30.4. The van der Waals surface area contributed by atoms with Gasteiger partial charge in [0.1, 0.15) is 22.4 Å². The molecule has 2 N–H and O–H groups in total. The summed E-state index contributed by atoms with van der Waals surface area (Å²) in [4.78, 5) is 0. The van der Waals surface area contributed by atoms with Crippen LogP contribution in [0.3, 0.4) is 0 Å². The highest BCUT2D eigenvalue weighted by Gasteiger charge is 2.43. The molecule has 144 valence electrons. The van der Waals surface area contributed by atoms with Crippen LogP contribution in [0.1, 0.15) is 19.3 Å². The number of fused-ring (bicyclic) bond motifs is 2. The lowest BCUT2D eigenvalue weighted by Crippen LogP contribution is -2.51. The van der Waals surface area contributed by atoms with Crippen LogP contribution < -0.4 is 10.1 Å². The maximum absolute atomic E-state index is 14.5. The SMILES string of the molecule is Oc1cc(-c2nncs2)ccc1-c1ccc(O[C@@H]2C[C@H]3CC[C@H](N3)[C@@H]2F)nn1. The smallest absolute Gasteiger partial charge is 0.233 e. The van der Waals surface area contributed by atoms with Crippen molar-refractivity contribution in [3.05, 3.63) is 35.8 Å². The first-order chi connectivity index (χ1) is 13.7. The van der Waals surface area contributed by atoms with Crippen LogP contribution in [0.15, 0.2) is 35.8 Å². The Bertz CT molecular complexity index is 969. The molecular formula is C19H18FN5O2S. The number of rotatable bonds is 4. The number of halogens is 1. The Kier molecular flexibility index (Phi) is 4.40. The van der Waals surface area contributed by atoms with Crippen molar-refractivity contribution >= 4 is 11.3 Å². The molecule has 2 aliphatic heterocycles. The lowest BCUT2D eigenvalue weighted by atomic mass is 10.0. The zero-order chi connectivity index (χ0) is 19.1. The number of phenolic OH excluding ortho intramolecular Hbond substituents is 1. The van der Waals surface area contributed by atoms with E-state index in [9.17, 15) is 9.50 Å². The molecule has 4 atom stereocenters. The van der Waals surface area contributed by atoms with Gasteiger partial charge in [-0.05, 0) is 31.0 Å². The molecule has 2 saturated heterocycles. The summed E-state index contributed by atoms with van der Waals surface area (Å²) in [5.41, 5.74) is 3.48. The van der Waals surface area contributed by atoms with Crippen LogP contribution in [0, 0.1) is 0 Å². The quantitative estimate of drug-likeness (QED) is 0.697. The van der Waals surface area contributed by atoms with E-state index in [4.69, 9.17) is 4.74 Å². The van der Waals surface area contributed by atoms with Crippen molar-refractivity contribution in [1.82, 2.24) is 25.7 Å². The van der Waals surface area contributed by atoms with Gasteiger partial charge < -0.3 is 15.2 Å². The van der Waals surface area contributed by atoms with Crippen LogP contribution >= 0.6 is 11.3 Å². The molecule has 0 aliphatic carbocycles. The van der Waals surface area contributed by atoms with Crippen molar-refractivity contribution in [2.24, 2.45) is 0 Å². The summed E-state index contributed by atoms with van der Waals surface area (Å²) in [6.07, 6.45) is 0.926. The van der Waals surface area contributed by atoms with Gasteiger partial charge in [0.05, 0.1) is 5.69 Å². The van der Waals surface area contributed by atoms with E-state index in [-0.39, 0.29) is 11.8 Å². The largest absolute Gasteiger partial charge is 0.507 e. The van der Waals surface area contributed by atoms with Crippen molar-refractivity contribution in [3.8, 4) is 33.5 Å². The molecule has 0 saturated carbocycles. The molecule has 5 rings (SSSR count). The van der Waals surface area contributed by atoms with E-state index >= 15 is 0 Å². The number of aromatic hydroxyl groups is 1. The third-order valence-corrected chi connectivity index (χ3v) is 6.07. The Morgan fingerprint density at radius 1 is 1.14 bits per heavy atom. The molecule has 9 heteroatoms. The van der Waals surface area contributed by atoms with Crippen LogP contribution in [0.25, 0.3) is 21.8 Å². The lowest BCUT2D eigenvalue weighted by Gasteiger charge is -2.32. The second-order valence-corrected chi connectivity index (χ2v) is 7.95. The molecule has 2 fully saturated rings. The van der Waals surface area contributed by atoms with Crippen LogP contribution in [0.2, 0.25) is 0 Å². The number of hydrogen-bond acceptors (Lipinski definition) is 8. The first-order valence-electron chi connectivity index (χ1n) is 9.18. The standard InChI is InChI=1S/C19H18FN5O2S/c20-18-14-4-2-11(22-14)8-16(18)27-17-6-5-13(23-24-17)12-3-1-10(7-15(12)26)19-25-21-9-28-19/h1,3,5-7,9,11,14,16,18,22,26H,2,4,8H2/t11-,14+,16-,18+/m1/s1.